The van der Waals surface area contributed by atoms with Crippen LogP contribution in [0.5, 0.6) is 17.2 Å². The standard InChI is InChI=1S/C32H40N6O4/c1-36(31(39)25-19-28(40-2)30(42-4)29(20-25)41-3)22-24(23-9-7-13-33-21-23)12-16-37-14-8-15-38(18-17-37)32-34-26-10-5-6-11-27(26)35-32/h5-7,9-11,13,19-21,24H,8,12,14-18,22H2,1-4H3,(H,34,35). The minimum absolute atomic E-state index is 0.112. The van der Waals surface area contributed by atoms with E-state index in [-0.39, 0.29) is 11.8 Å². The minimum Gasteiger partial charge on any atom is -0.493 e. The van der Waals surface area contributed by atoms with Gasteiger partial charge in [0.25, 0.3) is 5.91 Å². The van der Waals surface area contributed by atoms with Gasteiger partial charge in [0, 0.05) is 57.1 Å². The van der Waals surface area contributed by atoms with E-state index in [1.54, 1.807) is 44.6 Å². The Morgan fingerprint density at radius 2 is 1.79 bits per heavy atom. The van der Waals surface area contributed by atoms with Crippen molar-refractivity contribution >= 4 is 22.9 Å². The number of para-hydroxylation sites is 2. The number of rotatable bonds is 11. The summed E-state index contributed by atoms with van der Waals surface area (Å²) in [6.45, 7) is 5.35. The Labute approximate surface area is 247 Å². The Morgan fingerprint density at radius 1 is 1.00 bits per heavy atom. The maximum Gasteiger partial charge on any atom is 0.253 e. The molecule has 2 aromatic carbocycles. The van der Waals surface area contributed by atoms with Crippen molar-refractivity contribution in [1.82, 2.24) is 24.8 Å². The van der Waals surface area contributed by atoms with Gasteiger partial charge in [-0.3, -0.25) is 9.78 Å². The van der Waals surface area contributed by atoms with Gasteiger partial charge in [0.15, 0.2) is 11.5 Å². The maximum atomic E-state index is 13.6. The fourth-order valence-corrected chi connectivity index (χ4v) is 5.65. The number of aromatic amines is 1. The van der Waals surface area contributed by atoms with Crippen LogP contribution in [0.4, 0.5) is 5.95 Å². The highest BCUT2D eigenvalue weighted by atomic mass is 16.5. The molecule has 0 radical (unpaired) electrons. The third kappa shape index (κ3) is 6.60. The average molecular weight is 573 g/mol. The van der Waals surface area contributed by atoms with Gasteiger partial charge in [-0.2, -0.15) is 0 Å². The Balaban J connectivity index is 1.25. The normalized spacial score (nSPS) is 14.8. The van der Waals surface area contributed by atoms with Crippen molar-refractivity contribution in [2.24, 2.45) is 0 Å². The van der Waals surface area contributed by atoms with Gasteiger partial charge in [-0.15, -0.1) is 0 Å². The molecule has 0 spiro atoms. The molecule has 222 valence electrons. The quantitative estimate of drug-likeness (QED) is 0.282. The summed E-state index contributed by atoms with van der Waals surface area (Å²) in [5.74, 6) is 2.33. The highest BCUT2D eigenvalue weighted by molar-refractivity contribution is 5.95. The number of methoxy groups -OCH3 is 3. The Kier molecular flexibility index (Phi) is 9.43. The van der Waals surface area contributed by atoms with Crippen molar-refractivity contribution in [3.63, 3.8) is 0 Å². The number of imidazole rings is 1. The van der Waals surface area contributed by atoms with Crippen LogP contribution in [0.3, 0.4) is 0 Å². The van der Waals surface area contributed by atoms with Crippen LogP contribution in [0.1, 0.15) is 34.7 Å². The molecule has 2 aromatic heterocycles. The Bertz CT molecular complexity index is 1420. The number of benzene rings is 2. The van der Waals surface area contributed by atoms with E-state index < -0.39 is 0 Å². The van der Waals surface area contributed by atoms with Crippen LogP contribution in [0.15, 0.2) is 60.9 Å². The van der Waals surface area contributed by atoms with Gasteiger partial charge in [0.1, 0.15) is 0 Å². The summed E-state index contributed by atoms with van der Waals surface area (Å²) >= 11 is 0. The molecule has 0 saturated carbocycles. The summed E-state index contributed by atoms with van der Waals surface area (Å²) < 4.78 is 16.4. The molecular weight excluding hydrogens is 532 g/mol. The van der Waals surface area contributed by atoms with Crippen molar-refractivity contribution in [2.45, 2.75) is 18.8 Å². The summed E-state index contributed by atoms with van der Waals surface area (Å²) in [7, 11) is 6.48. The van der Waals surface area contributed by atoms with Crippen molar-refractivity contribution in [3.05, 3.63) is 72.1 Å². The monoisotopic (exact) mass is 572 g/mol. The number of amides is 1. The van der Waals surface area contributed by atoms with Crippen LogP contribution in [-0.4, -0.2) is 98.3 Å². The number of carbonyl (C=O) groups excluding carboxylic acids is 1. The van der Waals surface area contributed by atoms with Crippen LogP contribution in [0.25, 0.3) is 11.0 Å². The second-order valence-corrected chi connectivity index (χ2v) is 10.6. The number of hydrogen-bond acceptors (Lipinski definition) is 8. The second kappa shape index (κ2) is 13.6. The lowest BCUT2D eigenvalue weighted by Crippen LogP contribution is -2.35. The molecule has 1 atom stereocenters. The number of nitrogens with zero attached hydrogens (tertiary/aromatic N) is 5. The maximum absolute atomic E-state index is 13.6. The highest BCUT2D eigenvalue weighted by Crippen LogP contribution is 2.38. The van der Waals surface area contributed by atoms with E-state index in [1.807, 2.05) is 37.5 Å². The van der Waals surface area contributed by atoms with E-state index >= 15 is 0 Å². The first-order valence-electron chi connectivity index (χ1n) is 14.4. The molecule has 1 fully saturated rings. The third-order valence-corrected chi connectivity index (χ3v) is 7.97. The van der Waals surface area contributed by atoms with E-state index in [9.17, 15) is 4.79 Å². The van der Waals surface area contributed by atoms with Gasteiger partial charge in [-0.1, -0.05) is 18.2 Å². The molecule has 4 aromatic rings. The summed E-state index contributed by atoms with van der Waals surface area (Å²) in [6.07, 6.45) is 5.66. The summed E-state index contributed by atoms with van der Waals surface area (Å²) in [6, 6.07) is 15.6. The number of fused-ring (bicyclic) bond motifs is 1. The van der Waals surface area contributed by atoms with E-state index in [0.29, 0.717) is 29.4 Å². The number of H-pyrrole nitrogens is 1. The number of hydrogen-bond donors (Lipinski definition) is 1. The average Bonchev–Trinajstić information content (AvgIpc) is 3.33. The number of carbonyl (C=O) groups is 1. The molecule has 1 aliphatic rings. The summed E-state index contributed by atoms with van der Waals surface area (Å²) in [5, 5.41) is 0. The molecule has 1 amide bonds. The van der Waals surface area contributed by atoms with E-state index in [0.717, 1.165) is 68.1 Å². The third-order valence-electron chi connectivity index (χ3n) is 7.97. The molecule has 0 aliphatic carbocycles. The summed E-state index contributed by atoms with van der Waals surface area (Å²) in [4.78, 5) is 32.9. The zero-order chi connectivity index (χ0) is 29.5. The number of ether oxygens (including phenoxy) is 3. The first kappa shape index (κ1) is 29.2. The lowest BCUT2D eigenvalue weighted by Gasteiger charge is -2.28. The summed E-state index contributed by atoms with van der Waals surface area (Å²) in [5.41, 5.74) is 3.67. The van der Waals surface area contributed by atoms with Crippen LogP contribution >= 0.6 is 0 Å². The van der Waals surface area contributed by atoms with Gasteiger partial charge in [-0.05, 0) is 61.8 Å². The Hall–Kier alpha value is -4.31. The second-order valence-electron chi connectivity index (χ2n) is 10.6. The molecule has 5 rings (SSSR count). The number of likely N-dealkylation sites (N-methyl/N-ethyl adjacent to an activating group) is 1. The van der Waals surface area contributed by atoms with Gasteiger partial charge in [-0.25, -0.2) is 4.98 Å². The molecule has 1 unspecified atom stereocenters. The number of aromatic nitrogens is 3. The smallest absolute Gasteiger partial charge is 0.253 e. The first-order chi connectivity index (χ1) is 20.5. The van der Waals surface area contributed by atoms with Crippen molar-refractivity contribution < 1.29 is 19.0 Å². The molecule has 1 aliphatic heterocycles. The van der Waals surface area contributed by atoms with Gasteiger partial charge in [0.05, 0.1) is 32.4 Å². The molecule has 1 saturated heterocycles. The van der Waals surface area contributed by atoms with Crippen molar-refractivity contribution in [1.29, 1.82) is 0 Å². The molecular formula is C32H40N6O4. The molecule has 10 heteroatoms. The topological polar surface area (TPSA) is 96.1 Å². The zero-order valence-corrected chi connectivity index (χ0v) is 24.9. The Morgan fingerprint density at radius 3 is 2.48 bits per heavy atom. The van der Waals surface area contributed by atoms with Crippen LogP contribution < -0.4 is 19.1 Å². The number of nitrogens with one attached hydrogen (secondary N) is 1. The van der Waals surface area contributed by atoms with E-state index in [1.165, 1.54) is 0 Å². The van der Waals surface area contributed by atoms with Gasteiger partial charge < -0.3 is 33.9 Å². The predicted octanol–water partition coefficient (Wildman–Crippen LogP) is 4.44. The lowest BCUT2D eigenvalue weighted by atomic mass is 9.96. The molecule has 10 nitrogen and oxygen atoms in total. The number of pyridine rings is 1. The lowest BCUT2D eigenvalue weighted by molar-refractivity contribution is 0.0782. The zero-order valence-electron chi connectivity index (χ0n) is 24.9. The molecule has 0 bridgehead atoms. The molecule has 1 N–H and O–H groups in total. The van der Waals surface area contributed by atoms with Crippen LogP contribution in [-0.2, 0) is 0 Å². The largest absolute Gasteiger partial charge is 0.493 e. The predicted molar refractivity (Wildman–Crippen MR) is 164 cm³/mol. The first-order valence-corrected chi connectivity index (χ1v) is 14.4. The van der Waals surface area contributed by atoms with Crippen molar-refractivity contribution in [3.8, 4) is 17.2 Å². The van der Waals surface area contributed by atoms with Crippen molar-refractivity contribution in [2.75, 3.05) is 72.5 Å². The van der Waals surface area contributed by atoms with E-state index in [2.05, 4.69) is 31.9 Å². The van der Waals surface area contributed by atoms with Crippen LogP contribution in [0.2, 0.25) is 0 Å². The van der Waals surface area contributed by atoms with Gasteiger partial charge >= 0.3 is 0 Å². The highest BCUT2D eigenvalue weighted by Gasteiger charge is 2.24. The van der Waals surface area contributed by atoms with Crippen LogP contribution in [0, 0.1) is 0 Å². The SMILES string of the molecule is COc1cc(C(=O)N(C)CC(CCN2CCCN(c3nc4ccccc4[nH]3)CC2)c2cccnc2)cc(OC)c1OC. The fraction of sp³-hybridized carbons (Fsp3) is 0.406. The fourth-order valence-electron chi connectivity index (χ4n) is 5.65. The number of anilines is 1. The van der Waals surface area contributed by atoms with Gasteiger partial charge in [0.2, 0.25) is 11.7 Å². The minimum atomic E-state index is -0.112. The molecule has 3 heterocycles. The van der Waals surface area contributed by atoms with E-state index in [4.69, 9.17) is 19.2 Å². The molecule has 42 heavy (non-hydrogen) atoms.